The second-order valence-corrected chi connectivity index (χ2v) is 5.08. The minimum Gasteiger partial charge on any atom is -0.465 e. The fraction of sp³-hybridized carbons (Fsp3) is 0.0667. The standard InChI is InChI=1S/C15H12BrN3O2/c1-21-15(20)10-3-5-14(12(18)7-10)19-13-4-2-9(8-17)6-11(13)16/h2-7,19H,18H2,1H3. The number of anilines is 3. The highest BCUT2D eigenvalue weighted by atomic mass is 79.9. The van der Waals surface area contributed by atoms with E-state index in [-0.39, 0.29) is 0 Å². The summed E-state index contributed by atoms with van der Waals surface area (Å²) in [5, 5.41) is 12.0. The van der Waals surface area contributed by atoms with E-state index in [1.54, 1.807) is 36.4 Å². The molecule has 0 fully saturated rings. The van der Waals surface area contributed by atoms with Crippen molar-refractivity contribution in [2.75, 3.05) is 18.2 Å². The summed E-state index contributed by atoms with van der Waals surface area (Å²) in [5.41, 5.74) is 8.73. The lowest BCUT2D eigenvalue weighted by molar-refractivity contribution is 0.0601. The third kappa shape index (κ3) is 3.33. The van der Waals surface area contributed by atoms with Crippen LogP contribution in [0.5, 0.6) is 0 Å². The number of ether oxygens (including phenoxy) is 1. The van der Waals surface area contributed by atoms with Crippen molar-refractivity contribution in [3.8, 4) is 6.07 Å². The monoisotopic (exact) mass is 345 g/mol. The van der Waals surface area contributed by atoms with Gasteiger partial charge in [0.05, 0.1) is 41.4 Å². The van der Waals surface area contributed by atoms with Crippen LogP contribution in [0.3, 0.4) is 0 Å². The number of nitrogens with two attached hydrogens (primary N) is 1. The number of carbonyl (C=O) groups excluding carboxylic acids is 1. The van der Waals surface area contributed by atoms with Crippen LogP contribution >= 0.6 is 15.9 Å². The molecule has 0 saturated carbocycles. The van der Waals surface area contributed by atoms with Crippen LogP contribution in [-0.2, 0) is 4.74 Å². The van der Waals surface area contributed by atoms with Gasteiger partial charge in [-0.1, -0.05) is 0 Å². The van der Waals surface area contributed by atoms with E-state index in [0.717, 1.165) is 10.2 Å². The Balaban J connectivity index is 2.28. The van der Waals surface area contributed by atoms with Gasteiger partial charge < -0.3 is 15.8 Å². The Hall–Kier alpha value is -2.52. The molecule has 0 aliphatic carbocycles. The summed E-state index contributed by atoms with van der Waals surface area (Å²) in [7, 11) is 1.32. The summed E-state index contributed by atoms with van der Waals surface area (Å²) < 4.78 is 5.39. The van der Waals surface area contributed by atoms with E-state index >= 15 is 0 Å². The molecular weight excluding hydrogens is 334 g/mol. The number of esters is 1. The Morgan fingerprint density at radius 1 is 1.29 bits per heavy atom. The molecule has 21 heavy (non-hydrogen) atoms. The molecule has 0 aliphatic rings. The van der Waals surface area contributed by atoms with Crippen LogP contribution in [-0.4, -0.2) is 13.1 Å². The van der Waals surface area contributed by atoms with Crippen LogP contribution in [0.4, 0.5) is 17.1 Å². The van der Waals surface area contributed by atoms with E-state index in [9.17, 15) is 4.79 Å². The molecule has 106 valence electrons. The molecule has 5 nitrogen and oxygen atoms in total. The number of halogens is 1. The fourth-order valence-electron chi connectivity index (χ4n) is 1.75. The third-order valence-corrected chi connectivity index (χ3v) is 3.50. The van der Waals surface area contributed by atoms with Gasteiger partial charge in [0.25, 0.3) is 0 Å². The summed E-state index contributed by atoms with van der Waals surface area (Å²) in [5.74, 6) is -0.437. The van der Waals surface area contributed by atoms with Crippen molar-refractivity contribution in [2.45, 2.75) is 0 Å². The first-order valence-corrected chi connectivity index (χ1v) is 6.79. The zero-order valence-electron chi connectivity index (χ0n) is 11.2. The zero-order chi connectivity index (χ0) is 15.4. The maximum atomic E-state index is 11.4. The number of nitrogens with zero attached hydrogens (tertiary/aromatic N) is 1. The molecular formula is C15H12BrN3O2. The molecule has 2 aromatic carbocycles. The van der Waals surface area contributed by atoms with Gasteiger partial charge >= 0.3 is 5.97 Å². The number of nitrogens with one attached hydrogen (secondary N) is 1. The number of benzene rings is 2. The molecule has 0 amide bonds. The minimum absolute atomic E-state index is 0.388. The molecule has 0 saturated heterocycles. The molecule has 3 N–H and O–H groups in total. The van der Waals surface area contributed by atoms with Crippen molar-refractivity contribution in [3.63, 3.8) is 0 Å². The first-order chi connectivity index (χ1) is 10.0. The second kappa shape index (κ2) is 6.29. The number of methoxy groups -OCH3 is 1. The highest BCUT2D eigenvalue weighted by molar-refractivity contribution is 9.10. The highest BCUT2D eigenvalue weighted by Gasteiger charge is 2.09. The largest absolute Gasteiger partial charge is 0.465 e. The van der Waals surface area contributed by atoms with E-state index < -0.39 is 5.97 Å². The van der Waals surface area contributed by atoms with Crippen LogP contribution in [0.15, 0.2) is 40.9 Å². The van der Waals surface area contributed by atoms with E-state index in [1.807, 2.05) is 0 Å². The maximum absolute atomic E-state index is 11.4. The Morgan fingerprint density at radius 2 is 2.00 bits per heavy atom. The first-order valence-electron chi connectivity index (χ1n) is 5.99. The SMILES string of the molecule is COC(=O)c1ccc(Nc2ccc(C#N)cc2Br)c(N)c1. The summed E-state index contributed by atoms with van der Waals surface area (Å²) in [4.78, 5) is 11.4. The smallest absolute Gasteiger partial charge is 0.337 e. The Labute approximate surface area is 130 Å². The van der Waals surface area contributed by atoms with Crippen LogP contribution < -0.4 is 11.1 Å². The van der Waals surface area contributed by atoms with Crippen LogP contribution in [0.1, 0.15) is 15.9 Å². The van der Waals surface area contributed by atoms with Gasteiger partial charge in [0.15, 0.2) is 0 Å². The Morgan fingerprint density at radius 3 is 2.57 bits per heavy atom. The molecule has 0 unspecified atom stereocenters. The van der Waals surface area contributed by atoms with E-state index in [4.69, 9.17) is 11.0 Å². The lowest BCUT2D eigenvalue weighted by Crippen LogP contribution is -2.04. The Bertz CT molecular complexity index is 738. The normalized spacial score (nSPS) is 9.76. The number of hydrogen-bond donors (Lipinski definition) is 2. The molecule has 0 heterocycles. The lowest BCUT2D eigenvalue weighted by Gasteiger charge is -2.12. The predicted molar refractivity (Wildman–Crippen MR) is 84.3 cm³/mol. The lowest BCUT2D eigenvalue weighted by atomic mass is 10.1. The highest BCUT2D eigenvalue weighted by Crippen LogP contribution is 2.30. The summed E-state index contributed by atoms with van der Waals surface area (Å²) in [6, 6.07) is 12.1. The number of carbonyl (C=O) groups is 1. The van der Waals surface area contributed by atoms with E-state index in [1.165, 1.54) is 7.11 Å². The quantitative estimate of drug-likeness (QED) is 0.657. The fourth-order valence-corrected chi connectivity index (χ4v) is 2.23. The molecule has 0 atom stereocenters. The maximum Gasteiger partial charge on any atom is 0.337 e. The van der Waals surface area contributed by atoms with Crippen molar-refractivity contribution in [2.24, 2.45) is 0 Å². The molecule has 6 heteroatoms. The van der Waals surface area contributed by atoms with Crippen LogP contribution in [0.2, 0.25) is 0 Å². The molecule has 0 aromatic heterocycles. The number of hydrogen-bond acceptors (Lipinski definition) is 5. The zero-order valence-corrected chi connectivity index (χ0v) is 12.8. The minimum atomic E-state index is -0.437. The van der Waals surface area contributed by atoms with Gasteiger partial charge in [-0.05, 0) is 52.3 Å². The number of rotatable bonds is 3. The molecule has 0 aliphatic heterocycles. The average molecular weight is 346 g/mol. The van der Waals surface area contributed by atoms with Crippen molar-refractivity contribution in [1.29, 1.82) is 5.26 Å². The number of nitrogen functional groups attached to an aromatic ring is 1. The van der Waals surface area contributed by atoms with Gasteiger partial charge in [0.1, 0.15) is 0 Å². The third-order valence-electron chi connectivity index (χ3n) is 2.84. The summed E-state index contributed by atoms with van der Waals surface area (Å²) >= 11 is 3.39. The molecule has 0 radical (unpaired) electrons. The molecule has 0 spiro atoms. The summed E-state index contributed by atoms with van der Waals surface area (Å²) in [6.45, 7) is 0. The van der Waals surface area contributed by atoms with Gasteiger partial charge in [-0.15, -0.1) is 0 Å². The number of nitriles is 1. The second-order valence-electron chi connectivity index (χ2n) is 4.23. The average Bonchev–Trinajstić information content (AvgIpc) is 2.50. The van der Waals surface area contributed by atoms with Crippen molar-refractivity contribution < 1.29 is 9.53 Å². The molecule has 0 bridgehead atoms. The molecule has 2 aromatic rings. The van der Waals surface area contributed by atoms with Crippen LogP contribution in [0.25, 0.3) is 0 Å². The predicted octanol–water partition coefficient (Wildman–Crippen LogP) is 3.43. The van der Waals surface area contributed by atoms with Crippen molar-refractivity contribution in [1.82, 2.24) is 0 Å². The van der Waals surface area contributed by atoms with Gasteiger partial charge in [-0.25, -0.2) is 4.79 Å². The van der Waals surface area contributed by atoms with Crippen molar-refractivity contribution >= 4 is 39.0 Å². The van der Waals surface area contributed by atoms with E-state index in [2.05, 4.69) is 32.1 Å². The van der Waals surface area contributed by atoms with Gasteiger partial charge in [-0.3, -0.25) is 0 Å². The van der Waals surface area contributed by atoms with Crippen molar-refractivity contribution in [3.05, 3.63) is 52.0 Å². The van der Waals surface area contributed by atoms with E-state index in [0.29, 0.717) is 22.5 Å². The summed E-state index contributed by atoms with van der Waals surface area (Å²) in [6.07, 6.45) is 0. The van der Waals surface area contributed by atoms with Gasteiger partial charge in [-0.2, -0.15) is 5.26 Å². The van der Waals surface area contributed by atoms with Gasteiger partial charge in [0, 0.05) is 4.47 Å². The Kier molecular flexibility index (Phi) is 4.45. The molecule has 2 rings (SSSR count). The van der Waals surface area contributed by atoms with Crippen LogP contribution in [0, 0.1) is 11.3 Å². The first kappa shape index (κ1) is 14.9. The topological polar surface area (TPSA) is 88.1 Å². The van der Waals surface area contributed by atoms with Gasteiger partial charge in [0.2, 0.25) is 0 Å².